The van der Waals surface area contributed by atoms with Crippen molar-refractivity contribution in [1.29, 1.82) is 0 Å². The van der Waals surface area contributed by atoms with E-state index in [1.54, 1.807) is 24.3 Å². The summed E-state index contributed by atoms with van der Waals surface area (Å²) in [5, 5.41) is 10.6. The maximum absolute atomic E-state index is 13.7. The van der Waals surface area contributed by atoms with E-state index in [9.17, 15) is 30.7 Å². The number of aryl methyl sites for hydroxylation is 1. The highest BCUT2D eigenvalue weighted by atomic mass is 35.5. The number of carbonyl (C=O) groups excluding carboxylic acids is 1. The average Bonchev–Trinajstić information content (AvgIpc) is 3.00. The summed E-state index contributed by atoms with van der Waals surface area (Å²) in [5.74, 6) is -0.686. The standard InChI is InChI=1S/C30H22ClN7O7S2/c1-16-5-8-19(9-6-16)32-29-34-28(31)35-30(36-29)33-24-15-21(46(40,41)42)14-18-7-12-23(27(39)26(18)24)38-37-20-10-11-22-17(13-20)3-2-4-25(22)47(43,44)45/h2-15,37H,1H3,(H,40,41,42)(H,43,44,45)(H2,32,33,34,35,36)/b38-23-. The maximum atomic E-state index is 13.7. The zero-order chi connectivity index (χ0) is 33.5. The van der Waals surface area contributed by atoms with Gasteiger partial charge in [-0.1, -0.05) is 42.0 Å². The van der Waals surface area contributed by atoms with Crippen LogP contribution in [0.1, 0.15) is 21.5 Å². The van der Waals surface area contributed by atoms with Gasteiger partial charge in [0.1, 0.15) is 10.6 Å². The molecule has 0 amide bonds. The Morgan fingerprint density at radius 2 is 1.49 bits per heavy atom. The number of nitrogens with one attached hydrogen (secondary N) is 3. The molecule has 5 N–H and O–H groups in total. The van der Waals surface area contributed by atoms with E-state index in [0.717, 1.165) is 17.7 Å². The molecule has 1 heterocycles. The van der Waals surface area contributed by atoms with Gasteiger partial charge in [0.15, 0.2) is 0 Å². The van der Waals surface area contributed by atoms with Crippen molar-refractivity contribution in [2.24, 2.45) is 5.10 Å². The molecular formula is C30H22ClN7O7S2. The van der Waals surface area contributed by atoms with E-state index < -0.39 is 30.9 Å². The van der Waals surface area contributed by atoms with E-state index in [1.807, 2.05) is 19.1 Å². The SMILES string of the molecule is Cc1ccc(Nc2nc(Cl)nc(Nc3cc(S(=O)(=O)O)cc4c3C(=O)/C(=N\Nc3ccc5c(S(=O)(=O)O)cccc5c3)C=C4)n2)cc1. The van der Waals surface area contributed by atoms with Gasteiger partial charge in [0.25, 0.3) is 20.2 Å². The van der Waals surface area contributed by atoms with Crippen molar-refractivity contribution in [1.82, 2.24) is 15.0 Å². The Kier molecular flexibility index (Phi) is 8.20. The van der Waals surface area contributed by atoms with Gasteiger partial charge in [-0.05, 0) is 78.0 Å². The molecule has 1 aliphatic rings. The summed E-state index contributed by atoms with van der Waals surface area (Å²) in [6.45, 7) is 1.93. The molecule has 0 saturated carbocycles. The molecule has 1 aromatic heterocycles. The van der Waals surface area contributed by atoms with Crippen LogP contribution in [0.2, 0.25) is 5.28 Å². The number of nitrogens with zero attached hydrogens (tertiary/aromatic N) is 4. The van der Waals surface area contributed by atoms with Gasteiger partial charge in [-0.2, -0.15) is 36.9 Å². The topological polar surface area (TPSA) is 213 Å². The highest BCUT2D eigenvalue weighted by molar-refractivity contribution is 7.86. The van der Waals surface area contributed by atoms with Gasteiger partial charge in [-0.15, -0.1) is 0 Å². The van der Waals surface area contributed by atoms with E-state index in [-0.39, 0.29) is 50.0 Å². The number of Topliss-reactive ketones (excluding diaryl/α,β-unsaturated/α-hetero) is 1. The van der Waals surface area contributed by atoms with Crippen molar-refractivity contribution in [3.8, 4) is 0 Å². The largest absolute Gasteiger partial charge is 0.324 e. The van der Waals surface area contributed by atoms with E-state index in [4.69, 9.17) is 11.6 Å². The number of anilines is 5. The van der Waals surface area contributed by atoms with Gasteiger partial charge < -0.3 is 10.6 Å². The van der Waals surface area contributed by atoms with Crippen molar-refractivity contribution in [2.75, 3.05) is 16.1 Å². The van der Waals surface area contributed by atoms with Gasteiger partial charge in [0.2, 0.25) is 23.0 Å². The zero-order valence-corrected chi connectivity index (χ0v) is 26.4. The molecule has 0 radical (unpaired) electrons. The molecule has 47 heavy (non-hydrogen) atoms. The fourth-order valence-electron chi connectivity index (χ4n) is 4.75. The molecule has 238 valence electrons. The third kappa shape index (κ3) is 6.96. The Labute approximate surface area is 272 Å². The second-order valence-electron chi connectivity index (χ2n) is 10.2. The number of fused-ring (bicyclic) bond motifs is 2. The van der Waals surface area contributed by atoms with Crippen LogP contribution in [-0.4, -0.2) is 52.4 Å². The quantitative estimate of drug-likeness (QED) is 0.0985. The molecule has 0 atom stereocenters. The highest BCUT2D eigenvalue weighted by Crippen LogP contribution is 2.32. The lowest BCUT2D eigenvalue weighted by atomic mass is 9.93. The monoisotopic (exact) mass is 691 g/mol. The van der Waals surface area contributed by atoms with Gasteiger partial charge in [-0.3, -0.25) is 19.3 Å². The number of hydrogen-bond acceptors (Lipinski definition) is 12. The first-order valence-corrected chi connectivity index (χ1v) is 16.7. The number of halogens is 1. The van der Waals surface area contributed by atoms with Crippen LogP contribution < -0.4 is 16.1 Å². The molecule has 0 unspecified atom stereocenters. The van der Waals surface area contributed by atoms with Crippen LogP contribution in [0.25, 0.3) is 16.8 Å². The molecule has 4 aromatic carbocycles. The average molecular weight is 692 g/mol. The Morgan fingerprint density at radius 1 is 0.787 bits per heavy atom. The second-order valence-corrected chi connectivity index (χ2v) is 13.4. The molecule has 6 rings (SSSR count). The third-order valence-corrected chi connectivity index (χ3v) is 8.82. The van der Waals surface area contributed by atoms with Gasteiger partial charge in [0, 0.05) is 11.1 Å². The fraction of sp³-hybridized carbons (Fsp3) is 0.0333. The van der Waals surface area contributed by atoms with Gasteiger partial charge in [0.05, 0.1) is 21.8 Å². The van der Waals surface area contributed by atoms with Crippen LogP contribution in [0.3, 0.4) is 0 Å². The first-order valence-electron chi connectivity index (χ1n) is 13.5. The van der Waals surface area contributed by atoms with Crippen LogP contribution in [0.4, 0.5) is 29.0 Å². The number of hydrogen-bond donors (Lipinski definition) is 5. The number of benzene rings is 4. The molecule has 5 aromatic rings. The molecule has 0 spiro atoms. The number of allylic oxidation sites excluding steroid dienone is 1. The number of aromatic nitrogens is 3. The molecule has 14 nitrogen and oxygen atoms in total. The van der Waals surface area contributed by atoms with Crippen LogP contribution in [0, 0.1) is 6.92 Å². The highest BCUT2D eigenvalue weighted by Gasteiger charge is 2.27. The number of rotatable bonds is 8. The van der Waals surface area contributed by atoms with E-state index in [0.29, 0.717) is 16.8 Å². The van der Waals surface area contributed by atoms with Crippen molar-refractivity contribution >= 4 is 89.1 Å². The van der Waals surface area contributed by atoms with Gasteiger partial charge >= 0.3 is 0 Å². The normalized spacial score (nSPS) is 13.9. The minimum Gasteiger partial charge on any atom is -0.324 e. The predicted octanol–water partition coefficient (Wildman–Crippen LogP) is 5.64. The van der Waals surface area contributed by atoms with Crippen molar-refractivity contribution < 1.29 is 30.7 Å². The number of carbonyl (C=O) groups is 1. The Balaban J connectivity index is 1.33. The van der Waals surface area contributed by atoms with Crippen LogP contribution >= 0.6 is 11.6 Å². The zero-order valence-electron chi connectivity index (χ0n) is 24.0. The summed E-state index contributed by atoms with van der Waals surface area (Å²) >= 11 is 6.15. The van der Waals surface area contributed by atoms with Gasteiger partial charge in [-0.25, -0.2) is 0 Å². The third-order valence-electron chi connectivity index (χ3n) is 6.91. The first kappa shape index (κ1) is 31.7. The fourth-order valence-corrected chi connectivity index (χ4v) is 6.17. The minimum atomic E-state index is -4.69. The maximum Gasteiger partial charge on any atom is 0.295 e. The second kappa shape index (κ2) is 12.2. The minimum absolute atomic E-state index is 0.00124. The smallest absolute Gasteiger partial charge is 0.295 e. The first-order chi connectivity index (χ1) is 22.2. The molecule has 17 heteroatoms. The molecule has 1 aliphatic carbocycles. The Morgan fingerprint density at radius 3 is 2.19 bits per heavy atom. The summed E-state index contributed by atoms with van der Waals surface area (Å²) in [4.78, 5) is 25.4. The summed E-state index contributed by atoms with van der Waals surface area (Å²) < 4.78 is 67.0. The van der Waals surface area contributed by atoms with E-state index >= 15 is 0 Å². The molecule has 0 saturated heterocycles. The molecular weight excluding hydrogens is 670 g/mol. The lowest BCUT2D eigenvalue weighted by Crippen LogP contribution is -2.21. The molecule has 0 aliphatic heterocycles. The van der Waals surface area contributed by atoms with Crippen molar-refractivity contribution in [2.45, 2.75) is 16.7 Å². The molecule has 0 fully saturated rings. The lowest BCUT2D eigenvalue weighted by molar-refractivity contribution is 0.106. The number of ketones is 1. The molecule has 0 bridgehead atoms. The predicted molar refractivity (Wildman–Crippen MR) is 177 cm³/mol. The number of hydrazone groups is 1. The summed E-state index contributed by atoms with van der Waals surface area (Å²) in [7, 11) is -9.14. The van der Waals surface area contributed by atoms with Crippen molar-refractivity contribution in [3.05, 3.63) is 101 Å². The Bertz CT molecular complexity index is 2380. The van der Waals surface area contributed by atoms with Crippen molar-refractivity contribution in [3.63, 3.8) is 0 Å². The van der Waals surface area contributed by atoms with Crippen LogP contribution in [0.15, 0.2) is 93.8 Å². The van der Waals surface area contributed by atoms with Crippen LogP contribution in [0.5, 0.6) is 0 Å². The van der Waals surface area contributed by atoms with Crippen LogP contribution in [-0.2, 0) is 20.2 Å². The summed E-state index contributed by atoms with van der Waals surface area (Å²) in [6.07, 6.45) is 2.80. The van der Waals surface area contributed by atoms with E-state index in [1.165, 1.54) is 36.4 Å². The van der Waals surface area contributed by atoms with E-state index in [2.05, 4.69) is 36.1 Å². The Hall–Kier alpha value is -5.26. The summed E-state index contributed by atoms with van der Waals surface area (Å²) in [6, 6.07) is 18.5. The lowest BCUT2D eigenvalue weighted by Gasteiger charge is -2.18. The summed E-state index contributed by atoms with van der Waals surface area (Å²) in [5.41, 5.74) is 4.89.